The summed E-state index contributed by atoms with van der Waals surface area (Å²) in [4.78, 5) is 10.5. The van der Waals surface area contributed by atoms with Gasteiger partial charge >= 0.3 is 16.2 Å². The van der Waals surface area contributed by atoms with Gasteiger partial charge in [0, 0.05) is 18.8 Å². The molecule has 1 aromatic heterocycles. The van der Waals surface area contributed by atoms with Gasteiger partial charge in [0.1, 0.15) is 6.54 Å². The zero-order valence-electron chi connectivity index (χ0n) is 11.2. The maximum Gasteiger partial charge on any atom is 0.325 e. The van der Waals surface area contributed by atoms with Crippen LogP contribution in [0.15, 0.2) is 12.4 Å². The van der Waals surface area contributed by atoms with Crippen molar-refractivity contribution in [1.29, 1.82) is 0 Å². The number of nitrogens with one attached hydrogen (secondary N) is 1. The Hall–Kier alpha value is -1.61. The van der Waals surface area contributed by atoms with Crippen molar-refractivity contribution in [3.63, 3.8) is 0 Å². The average Bonchev–Trinajstić information content (AvgIpc) is 2.75. The van der Waals surface area contributed by atoms with Crippen LogP contribution >= 0.6 is 0 Å². The highest BCUT2D eigenvalue weighted by molar-refractivity contribution is 7.90. The van der Waals surface area contributed by atoms with Crippen molar-refractivity contribution >= 4 is 21.9 Å². The summed E-state index contributed by atoms with van der Waals surface area (Å²) in [6.07, 6.45) is 5.39. The average molecular weight is 302 g/mol. The van der Waals surface area contributed by atoms with Gasteiger partial charge < -0.3 is 5.11 Å². The van der Waals surface area contributed by atoms with Crippen LogP contribution in [-0.4, -0.2) is 46.2 Å². The van der Waals surface area contributed by atoms with E-state index in [1.807, 2.05) is 6.92 Å². The fourth-order valence-electron chi connectivity index (χ4n) is 2.28. The molecule has 9 heteroatoms. The van der Waals surface area contributed by atoms with Crippen LogP contribution in [0.1, 0.15) is 26.2 Å². The third-order valence-corrected chi connectivity index (χ3v) is 4.88. The highest BCUT2D eigenvalue weighted by Crippen LogP contribution is 2.21. The molecule has 1 unspecified atom stereocenters. The maximum atomic E-state index is 12.3. The van der Waals surface area contributed by atoms with Crippen molar-refractivity contribution in [3.8, 4) is 0 Å². The number of carboxylic acids is 1. The highest BCUT2D eigenvalue weighted by Gasteiger charge is 2.29. The SMILES string of the molecule is CC1CCCCN1S(=O)(=O)Nc1cnn(CC(=O)O)c1. The number of aliphatic carboxylic acids is 1. The summed E-state index contributed by atoms with van der Waals surface area (Å²) >= 11 is 0. The Morgan fingerprint density at radius 3 is 2.95 bits per heavy atom. The quantitative estimate of drug-likeness (QED) is 0.824. The third kappa shape index (κ3) is 3.48. The Morgan fingerprint density at radius 2 is 2.30 bits per heavy atom. The number of nitrogens with zero attached hydrogens (tertiary/aromatic N) is 3. The number of aromatic nitrogens is 2. The van der Waals surface area contributed by atoms with E-state index in [0.29, 0.717) is 6.54 Å². The van der Waals surface area contributed by atoms with Gasteiger partial charge in [0.25, 0.3) is 0 Å². The summed E-state index contributed by atoms with van der Waals surface area (Å²) in [6.45, 7) is 2.08. The van der Waals surface area contributed by atoms with E-state index in [2.05, 4.69) is 9.82 Å². The minimum atomic E-state index is -3.62. The van der Waals surface area contributed by atoms with Crippen LogP contribution in [0.5, 0.6) is 0 Å². The van der Waals surface area contributed by atoms with Crippen LogP contribution in [0, 0.1) is 0 Å². The Kier molecular flexibility index (Phi) is 4.29. The molecule has 0 spiro atoms. The molecule has 1 aromatic rings. The first kappa shape index (κ1) is 14.8. The summed E-state index contributed by atoms with van der Waals surface area (Å²) in [6, 6.07) is -0.0321. The molecule has 0 amide bonds. The molecule has 0 bridgehead atoms. The maximum absolute atomic E-state index is 12.3. The van der Waals surface area contributed by atoms with Crippen molar-refractivity contribution in [2.45, 2.75) is 38.8 Å². The van der Waals surface area contributed by atoms with Crippen LogP contribution in [0.2, 0.25) is 0 Å². The molecule has 8 nitrogen and oxygen atoms in total. The molecule has 0 radical (unpaired) electrons. The van der Waals surface area contributed by atoms with Gasteiger partial charge in [0.05, 0.1) is 11.9 Å². The van der Waals surface area contributed by atoms with Gasteiger partial charge in [-0.15, -0.1) is 0 Å². The second-order valence-electron chi connectivity index (χ2n) is 4.88. The number of piperidine rings is 1. The Bertz CT molecular complexity index is 583. The van der Waals surface area contributed by atoms with Gasteiger partial charge in [-0.3, -0.25) is 14.2 Å². The molecule has 1 fully saturated rings. The first-order valence-electron chi connectivity index (χ1n) is 6.42. The van der Waals surface area contributed by atoms with Crippen LogP contribution < -0.4 is 4.72 Å². The summed E-state index contributed by atoms with van der Waals surface area (Å²) in [5.41, 5.74) is 0.268. The molecular weight excluding hydrogens is 284 g/mol. The summed E-state index contributed by atoms with van der Waals surface area (Å²) < 4.78 is 29.6. The van der Waals surface area contributed by atoms with Gasteiger partial charge in [-0.1, -0.05) is 6.42 Å². The van der Waals surface area contributed by atoms with Gasteiger partial charge in [0.15, 0.2) is 0 Å². The number of carbonyl (C=O) groups is 1. The molecule has 0 aromatic carbocycles. The first-order valence-corrected chi connectivity index (χ1v) is 7.86. The molecule has 1 atom stereocenters. The molecule has 2 N–H and O–H groups in total. The molecule has 0 aliphatic carbocycles. The number of carboxylic acid groups (broad SMARTS) is 1. The molecule has 2 rings (SSSR count). The van der Waals surface area contributed by atoms with Crippen molar-refractivity contribution < 1.29 is 18.3 Å². The fourth-order valence-corrected chi connectivity index (χ4v) is 3.75. The molecule has 1 aliphatic heterocycles. The lowest BCUT2D eigenvalue weighted by atomic mass is 10.1. The number of hydrogen-bond acceptors (Lipinski definition) is 4. The standard InChI is InChI=1S/C11H18N4O4S/c1-9-4-2-3-5-15(9)20(18,19)13-10-6-12-14(7-10)8-11(16)17/h6-7,9,13H,2-5,8H2,1H3,(H,16,17). The van der Waals surface area contributed by atoms with E-state index in [4.69, 9.17) is 5.11 Å². The van der Waals surface area contributed by atoms with Gasteiger partial charge in [-0.2, -0.15) is 17.8 Å². The Labute approximate surface area is 117 Å². The number of rotatable bonds is 5. The topological polar surface area (TPSA) is 105 Å². The Balaban J connectivity index is 2.07. The van der Waals surface area contributed by atoms with E-state index < -0.39 is 16.2 Å². The van der Waals surface area contributed by atoms with Crippen LogP contribution in [0.4, 0.5) is 5.69 Å². The van der Waals surface area contributed by atoms with Crippen molar-refractivity contribution in [2.75, 3.05) is 11.3 Å². The molecule has 112 valence electrons. The van der Waals surface area contributed by atoms with Crippen LogP contribution in [0.25, 0.3) is 0 Å². The largest absolute Gasteiger partial charge is 0.480 e. The normalized spacial score (nSPS) is 20.8. The Morgan fingerprint density at radius 1 is 1.55 bits per heavy atom. The molecular formula is C11H18N4O4S. The zero-order valence-corrected chi connectivity index (χ0v) is 12.0. The van der Waals surface area contributed by atoms with E-state index in [1.54, 1.807) is 0 Å². The van der Waals surface area contributed by atoms with Crippen molar-refractivity contribution in [3.05, 3.63) is 12.4 Å². The van der Waals surface area contributed by atoms with Crippen molar-refractivity contribution in [1.82, 2.24) is 14.1 Å². The van der Waals surface area contributed by atoms with Crippen LogP contribution in [-0.2, 0) is 21.5 Å². The predicted octanol–water partition coefficient (Wildman–Crippen LogP) is 0.499. The second-order valence-corrected chi connectivity index (χ2v) is 6.51. The number of hydrogen-bond donors (Lipinski definition) is 2. The second kappa shape index (κ2) is 5.80. The molecule has 1 saturated heterocycles. The van der Waals surface area contributed by atoms with Gasteiger partial charge in [-0.05, 0) is 19.8 Å². The highest BCUT2D eigenvalue weighted by atomic mass is 32.2. The monoisotopic (exact) mass is 302 g/mol. The molecule has 2 heterocycles. The lowest BCUT2D eigenvalue weighted by Crippen LogP contribution is -2.44. The molecule has 0 saturated carbocycles. The summed E-state index contributed by atoms with van der Waals surface area (Å²) in [7, 11) is -3.62. The van der Waals surface area contributed by atoms with E-state index in [1.165, 1.54) is 21.4 Å². The number of anilines is 1. The molecule has 1 aliphatic rings. The summed E-state index contributed by atoms with van der Waals surface area (Å²) in [5, 5.41) is 12.4. The van der Waals surface area contributed by atoms with E-state index in [0.717, 1.165) is 19.3 Å². The van der Waals surface area contributed by atoms with Gasteiger partial charge in [0.2, 0.25) is 0 Å². The lowest BCUT2D eigenvalue weighted by molar-refractivity contribution is -0.137. The van der Waals surface area contributed by atoms with Crippen molar-refractivity contribution in [2.24, 2.45) is 0 Å². The van der Waals surface area contributed by atoms with Crippen LogP contribution in [0.3, 0.4) is 0 Å². The minimum absolute atomic E-state index is 0.0321. The minimum Gasteiger partial charge on any atom is -0.480 e. The van der Waals surface area contributed by atoms with E-state index >= 15 is 0 Å². The van der Waals surface area contributed by atoms with Gasteiger partial charge in [-0.25, -0.2) is 0 Å². The van der Waals surface area contributed by atoms with E-state index in [-0.39, 0.29) is 18.3 Å². The molecule has 20 heavy (non-hydrogen) atoms. The third-order valence-electron chi connectivity index (χ3n) is 3.23. The van der Waals surface area contributed by atoms with E-state index in [9.17, 15) is 13.2 Å². The first-order chi connectivity index (χ1) is 9.38. The zero-order chi connectivity index (χ0) is 14.8. The predicted molar refractivity (Wildman–Crippen MR) is 72.4 cm³/mol. The smallest absolute Gasteiger partial charge is 0.325 e. The summed E-state index contributed by atoms with van der Waals surface area (Å²) in [5.74, 6) is -1.04. The lowest BCUT2D eigenvalue weighted by Gasteiger charge is -2.32. The fraction of sp³-hybridized carbons (Fsp3) is 0.636.